The summed E-state index contributed by atoms with van der Waals surface area (Å²) < 4.78 is 6.46. The molecule has 0 bridgehead atoms. The molecular formula is C18H17NO2S. The number of nitrogens with zero attached hydrogens (tertiary/aromatic N) is 1. The Morgan fingerprint density at radius 3 is 2.86 bits per heavy atom. The Labute approximate surface area is 133 Å². The fourth-order valence-corrected chi connectivity index (χ4v) is 3.27. The molecule has 0 saturated carbocycles. The molecule has 0 aliphatic carbocycles. The molecule has 0 saturated heterocycles. The van der Waals surface area contributed by atoms with Gasteiger partial charge in [-0.3, -0.25) is 4.98 Å². The van der Waals surface area contributed by atoms with Gasteiger partial charge in [0.2, 0.25) is 0 Å². The highest BCUT2D eigenvalue weighted by Crippen LogP contribution is 2.25. The number of carbonyl (C=O) groups is 1. The van der Waals surface area contributed by atoms with Crippen molar-refractivity contribution in [2.75, 3.05) is 6.61 Å². The third-order valence-corrected chi connectivity index (χ3v) is 4.48. The molecule has 0 atom stereocenters. The lowest BCUT2D eigenvalue weighted by molar-refractivity contribution is 0.0506. The minimum Gasteiger partial charge on any atom is -0.461 e. The number of benzene rings is 1. The third kappa shape index (κ3) is 3.52. The molecule has 1 aromatic carbocycles. The van der Waals surface area contributed by atoms with Crippen LogP contribution in [0.25, 0.3) is 10.1 Å². The number of thiophene rings is 1. The smallest absolute Gasteiger partial charge is 0.348 e. The second-order valence-electron chi connectivity index (χ2n) is 5.16. The van der Waals surface area contributed by atoms with Gasteiger partial charge in [-0.2, -0.15) is 0 Å². The van der Waals surface area contributed by atoms with Crippen LogP contribution in [0, 0.1) is 6.92 Å². The van der Waals surface area contributed by atoms with E-state index in [9.17, 15) is 4.79 Å². The molecule has 0 N–H and O–H groups in total. The van der Waals surface area contributed by atoms with Crippen molar-refractivity contribution in [1.82, 2.24) is 4.98 Å². The van der Waals surface area contributed by atoms with Gasteiger partial charge in [-0.1, -0.05) is 24.3 Å². The van der Waals surface area contributed by atoms with Gasteiger partial charge in [0.1, 0.15) is 4.88 Å². The topological polar surface area (TPSA) is 39.2 Å². The first-order valence-electron chi connectivity index (χ1n) is 7.30. The molecule has 0 amide bonds. The molecule has 0 aliphatic heterocycles. The van der Waals surface area contributed by atoms with E-state index in [1.54, 1.807) is 0 Å². The molecule has 0 fully saturated rings. The van der Waals surface area contributed by atoms with E-state index in [0.717, 1.165) is 34.3 Å². The number of pyridine rings is 1. The van der Waals surface area contributed by atoms with E-state index < -0.39 is 0 Å². The number of aryl methyl sites for hydroxylation is 2. The fraction of sp³-hybridized carbons (Fsp3) is 0.222. The zero-order valence-electron chi connectivity index (χ0n) is 12.4. The molecule has 2 aromatic heterocycles. The quantitative estimate of drug-likeness (QED) is 0.518. The summed E-state index contributed by atoms with van der Waals surface area (Å²) in [4.78, 5) is 17.2. The molecule has 112 valence electrons. The van der Waals surface area contributed by atoms with Gasteiger partial charge in [0.15, 0.2) is 0 Å². The van der Waals surface area contributed by atoms with Crippen LogP contribution in [0.4, 0.5) is 0 Å². The molecule has 0 aliphatic rings. The van der Waals surface area contributed by atoms with Crippen LogP contribution in [0.2, 0.25) is 0 Å². The van der Waals surface area contributed by atoms with Crippen LogP contribution in [-0.2, 0) is 11.2 Å². The van der Waals surface area contributed by atoms with Crippen LogP contribution in [0.15, 0.2) is 48.5 Å². The second kappa shape index (κ2) is 6.71. The molecule has 0 spiro atoms. The molecule has 0 radical (unpaired) electrons. The average Bonchev–Trinajstić information content (AvgIpc) is 2.95. The van der Waals surface area contributed by atoms with Crippen molar-refractivity contribution < 1.29 is 9.53 Å². The highest BCUT2D eigenvalue weighted by molar-refractivity contribution is 7.20. The van der Waals surface area contributed by atoms with Crippen molar-refractivity contribution in [3.8, 4) is 0 Å². The summed E-state index contributed by atoms with van der Waals surface area (Å²) >= 11 is 1.47. The minimum atomic E-state index is -0.238. The number of hydrogen-bond donors (Lipinski definition) is 0. The first-order chi connectivity index (χ1) is 10.7. The van der Waals surface area contributed by atoms with Crippen LogP contribution < -0.4 is 0 Å². The Morgan fingerprint density at radius 2 is 2.05 bits per heavy atom. The summed E-state index contributed by atoms with van der Waals surface area (Å²) in [5, 5.41) is 1.09. The molecule has 3 rings (SSSR count). The Morgan fingerprint density at radius 1 is 1.18 bits per heavy atom. The van der Waals surface area contributed by atoms with Crippen LogP contribution in [-0.4, -0.2) is 17.6 Å². The molecule has 2 heterocycles. The SMILES string of the molecule is Cc1cccc(CCCOC(=O)c2cc3ccccc3s2)n1. The number of rotatable bonds is 5. The Kier molecular flexibility index (Phi) is 4.49. The van der Waals surface area contributed by atoms with Crippen LogP contribution in [0.5, 0.6) is 0 Å². The number of hydrogen-bond acceptors (Lipinski definition) is 4. The first kappa shape index (κ1) is 14.7. The van der Waals surface area contributed by atoms with Gasteiger partial charge in [0, 0.05) is 16.1 Å². The summed E-state index contributed by atoms with van der Waals surface area (Å²) in [5.41, 5.74) is 2.05. The summed E-state index contributed by atoms with van der Waals surface area (Å²) in [6, 6.07) is 15.8. The second-order valence-corrected chi connectivity index (χ2v) is 6.24. The van der Waals surface area contributed by atoms with Crippen molar-refractivity contribution in [2.45, 2.75) is 19.8 Å². The standard InChI is InChI=1S/C18H17NO2S/c1-13-6-4-8-15(19-13)9-5-11-21-18(20)17-12-14-7-2-3-10-16(14)22-17/h2-4,6-8,10,12H,5,9,11H2,1H3. The number of fused-ring (bicyclic) bond motifs is 1. The maximum atomic E-state index is 12.1. The van der Waals surface area contributed by atoms with Gasteiger partial charge in [-0.25, -0.2) is 4.79 Å². The average molecular weight is 311 g/mol. The lowest BCUT2D eigenvalue weighted by atomic mass is 10.2. The lowest BCUT2D eigenvalue weighted by Gasteiger charge is -2.03. The number of esters is 1. The van der Waals surface area contributed by atoms with E-state index >= 15 is 0 Å². The van der Waals surface area contributed by atoms with Gasteiger partial charge < -0.3 is 4.74 Å². The molecule has 22 heavy (non-hydrogen) atoms. The number of carbonyl (C=O) groups excluding carboxylic acids is 1. The van der Waals surface area contributed by atoms with Crippen molar-refractivity contribution in [3.05, 3.63) is 64.8 Å². The van der Waals surface area contributed by atoms with Gasteiger partial charge in [-0.15, -0.1) is 11.3 Å². The number of ether oxygens (including phenoxy) is 1. The highest BCUT2D eigenvalue weighted by Gasteiger charge is 2.11. The zero-order valence-corrected chi connectivity index (χ0v) is 13.2. The van der Waals surface area contributed by atoms with E-state index in [2.05, 4.69) is 4.98 Å². The minimum absolute atomic E-state index is 0.238. The summed E-state index contributed by atoms with van der Waals surface area (Å²) in [5.74, 6) is -0.238. The maximum absolute atomic E-state index is 12.1. The predicted octanol–water partition coefficient (Wildman–Crippen LogP) is 4.39. The largest absolute Gasteiger partial charge is 0.461 e. The normalized spacial score (nSPS) is 10.8. The highest BCUT2D eigenvalue weighted by atomic mass is 32.1. The van der Waals surface area contributed by atoms with E-state index in [1.807, 2.05) is 55.5 Å². The van der Waals surface area contributed by atoms with Crippen molar-refractivity contribution in [2.24, 2.45) is 0 Å². The third-order valence-electron chi connectivity index (χ3n) is 3.38. The Balaban J connectivity index is 1.52. The van der Waals surface area contributed by atoms with Crippen molar-refractivity contribution in [1.29, 1.82) is 0 Å². The molecule has 3 aromatic rings. The van der Waals surface area contributed by atoms with E-state index in [1.165, 1.54) is 11.3 Å². The Hall–Kier alpha value is -2.20. The van der Waals surface area contributed by atoms with Gasteiger partial charge >= 0.3 is 5.97 Å². The fourth-order valence-electron chi connectivity index (χ4n) is 2.31. The monoisotopic (exact) mass is 311 g/mol. The van der Waals surface area contributed by atoms with Gasteiger partial charge in [0.05, 0.1) is 6.61 Å². The van der Waals surface area contributed by atoms with Crippen LogP contribution in [0.1, 0.15) is 27.5 Å². The van der Waals surface area contributed by atoms with Gasteiger partial charge in [-0.05, 0) is 49.4 Å². The van der Waals surface area contributed by atoms with Crippen LogP contribution >= 0.6 is 11.3 Å². The summed E-state index contributed by atoms with van der Waals surface area (Å²) in [7, 11) is 0. The molecule has 4 heteroatoms. The van der Waals surface area contributed by atoms with Crippen molar-refractivity contribution >= 4 is 27.4 Å². The Bertz CT molecular complexity index is 761. The van der Waals surface area contributed by atoms with Crippen LogP contribution in [0.3, 0.4) is 0 Å². The lowest BCUT2D eigenvalue weighted by Crippen LogP contribution is -2.05. The molecule has 3 nitrogen and oxygen atoms in total. The van der Waals surface area contributed by atoms with Gasteiger partial charge in [0.25, 0.3) is 0 Å². The van der Waals surface area contributed by atoms with E-state index in [-0.39, 0.29) is 5.97 Å². The molecule has 0 unspecified atom stereocenters. The summed E-state index contributed by atoms with van der Waals surface area (Å²) in [6.45, 7) is 2.40. The molecular weight excluding hydrogens is 294 g/mol. The van der Waals surface area contributed by atoms with E-state index in [0.29, 0.717) is 11.5 Å². The maximum Gasteiger partial charge on any atom is 0.348 e. The first-order valence-corrected chi connectivity index (χ1v) is 8.12. The zero-order chi connectivity index (χ0) is 15.4. The summed E-state index contributed by atoms with van der Waals surface area (Å²) in [6.07, 6.45) is 1.61. The predicted molar refractivity (Wildman–Crippen MR) is 89.4 cm³/mol. The van der Waals surface area contributed by atoms with Crippen molar-refractivity contribution in [3.63, 3.8) is 0 Å². The number of aromatic nitrogens is 1. The van der Waals surface area contributed by atoms with E-state index in [4.69, 9.17) is 4.74 Å².